The zero-order valence-electron chi connectivity index (χ0n) is 23.0. The number of nitrogens with one attached hydrogen (secondary N) is 1. The molecule has 0 saturated carbocycles. The number of amides is 2. The zero-order chi connectivity index (χ0) is 28.2. The summed E-state index contributed by atoms with van der Waals surface area (Å²) < 4.78 is 11.6. The lowest BCUT2D eigenvalue weighted by atomic mass is 9.76. The van der Waals surface area contributed by atoms with Crippen molar-refractivity contribution in [3.05, 3.63) is 94.1 Å². The zero-order valence-corrected chi connectivity index (χ0v) is 23.8. The predicted molar refractivity (Wildman–Crippen MR) is 155 cm³/mol. The molecule has 1 fully saturated rings. The van der Waals surface area contributed by atoms with Crippen LogP contribution in [0.4, 0.5) is 0 Å². The van der Waals surface area contributed by atoms with Crippen LogP contribution in [0.25, 0.3) is 10.9 Å². The maximum Gasteiger partial charge on any atom is 0.255 e. The van der Waals surface area contributed by atoms with E-state index in [4.69, 9.17) is 21.1 Å². The summed E-state index contributed by atoms with van der Waals surface area (Å²) >= 11 is 6.43. The summed E-state index contributed by atoms with van der Waals surface area (Å²) in [6.07, 6.45) is 0.000977. The van der Waals surface area contributed by atoms with Crippen LogP contribution in [0.15, 0.2) is 66.7 Å². The third-order valence-corrected chi connectivity index (χ3v) is 8.46. The fourth-order valence-corrected chi connectivity index (χ4v) is 6.38. The lowest BCUT2D eigenvalue weighted by Gasteiger charge is -2.51. The summed E-state index contributed by atoms with van der Waals surface area (Å²) in [5, 5.41) is 1.61. The number of piperazine rings is 1. The molecule has 0 bridgehead atoms. The van der Waals surface area contributed by atoms with Gasteiger partial charge in [0, 0.05) is 34.9 Å². The van der Waals surface area contributed by atoms with Crippen LogP contribution in [-0.4, -0.2) is 52.9 Å². The number of methoxy groups -OCH3 is 1. The Balaban J connectivity index is 1.48. The third-order valence-electron chi connectivity index (χ3n) is 8.09. The Morgan fingerprint density at radius 3 is 2.55 bits per heavy atom. The molecule has 206 valence electrons. The molecule has 0 aliphatic carbocycles. The first-order valence-electron chi connectivity index (χ1n) is 13.5. The molecule has 8 heteroatoms. The van der Waals surface area contributed by atoms with Gasteiger partial charge in [-0.2, -0.15) is 0 Å². The molecule has 1 saturated heterocycles. The fraction of sp³-hybridized carbons (Fsp3) is 0.312. The van der Waals surface area contributed by atoms with E-state index in [2.05, 4.69) is 11.1 Å². The molecule has 0 spiro atoms. The van der Waals surface area contributed by atoms with Crippen LogP contribution in [-0.2, 0) is 21.7 Å². The molecule has 2 atom stereocenters. The average Bonchev–Trinajstić information content (AvgIpc) is 3.34. The minimum absolute atomic E-state index is 0.000977. The second-order valence-electron chi connectivity index (χ2n) is 10.9. The highest BCUT2D eigenvalue weighted by atomic mass is 35.5. The number of rotatable bonds is 6. The fourth-order valence-electron chi connectivity index (χ4n) is 6.19. The average molecular weight is 558 g/mol. The number of hydrogen-bond acceptors (Lipinski definition) is 4. The number of carbonyl (C=O) groups excluding carboxylic acids is 2. The molecule has 6 rings (SSSR count). The molecule has 2 aliphatic heterocycles. The summed E-state index contributed by atoms with van der Waals surface area (Å²) in [4.78, 5) is 35.0. The van der Waals surface area contributed by atoms with E-state index in [1.54, 1.807) is 23.0 Å². The highest BCUT2D eigenvalue weighted by Gasteiger charge is 2.56. The molecule has 2 amide bonds. The van der Waals surface area contributed by atoms with E-state index in [-0.39, 0.29) is 36.9 Å². The molecule has 3 aromatic carbocycles. The number of para-hydroxylation sites is 1. The van der Waals surface area contributed by atoms with Crippen molar-refractivity contribution in [1.82, 2.24) is 14.8 Å². The normalized spacial score (nSPS) is 20.6. The Morgan fingerprint density at radius 1 is 1.05 bits per heavy atom. The van der Waals surface area contributed by atoms with Gasteiger partial charge in [0.05, 0.1) is 18.9 Å². The standard InChI is InChI=1S/C32H32ClN3O4/c1-19(2)40-26-14-13-20(15-27(26)39-4)23-17-36-28(37)18-35(16-21-9-5-7-11-24(21)33)31(38)32(36,3)30-29(23)22-10-6-8-12-25(22)34-30/h5-15,19,23,34H,16-18H2,1-4H3/t23?,32-/m0/s1. The maximum absolute atomic E-state index is 14.3. The molecular weight excluding hydrogens is 526 g/mol. The monoisotopic (exact) mass is 557 g/mol. The Kier molecular flexibility index (Phi) is 6.50. The van der Waals surface area contributed by atoms with Crippen molar-refractivity contribution < 1.29 is 19.1 Å². The van der Waals surface area contributed by atoms with Gasteiger partial charge >= 0.3 is 0 Å². The number of ether oxygens (including phenoxy) is 2. The van der Waals surface area contributed by atoms with E-state index >= 15 is 0 Å². The van der Waals surface area contributed by atoms with Gasteiger partial charge in [0.2, 0.25) is 5.91 Å². The van der Waals surface area contributed by atoms with Gasteiger partial charge in [-0.25, -0.2) is 0 Å². The number of halogens is 1. The van der Waals surface area contributed by atoms with Crippen LogP contribution in [0.2, 0.25) is 5.02 Å². The largest absolute Gasteiger partial charge is 0.493 e. The van der Waals surface area contributed by atoms with Crippen molar-refractivity contribution in [1.29, 1.82) is 0 Å². The minimum atomic E-state index is -1.19. The number of hydrogen-bond donors (Lipinski definition) is 1. The van der Waals surface area contributed by atoms with Gasteiger partial charge in [-0.15, -0.1) is 0 Å². The Morgan fingerprint density at radius 2 is 1.80 bits per heavy atom. The summed E-state index contributed by atoms with van der Waals surface area (Å²) in [5.41, 5.74) is 3.30. The SMILES string of the molecule is COc1cc(C2CN3C(=O)CN(Cc4ccccc4Cl)C(=O)[C@]3(C)c3[nH]c4ccccc4c32)ccc1OC(C)C. The van der Waals surface area contributed by atoms with Crippen molar-refractivity contribution in [3.63, 3.8) is 0 Å². The molecule has 7 nitrogen and oxygen atoms in total. The van der Waals surface area contributed by atoms with Gasteiger partial charge in [0.1, 0.15) is 6.54 Å². The topological polar surface area (TPSA) is 74.9 Å². The van der Waals surface area contributed by atoms with Crippen LogP contribution in [0, 0.1) is 0 Å². The van der Waals surface area contributed by atoms with E-state index in [9.17, 15) is 9.59 Å². The van der Waals surface area contributed by atoms with E-state index < -0.39 is 5.54 Å². The number of H-pyrrole nitrogens is 1. The number of aromatic nitrogens is 1. The third kappa shape index (κ3) is 4.11. The Bertz CT molecular complexity index is 1630. The van der Waals surface area contributed by atoms with Crippen molar-refractivity contribution in [2.45, 2.75) is 44.9 Å². The molecule has 1 N–H and O–H groups in total. The van der Waals surface area contributed by atoms with Crippen molar-refractivity contribution in [2.75, 3.05) is 20.2 Å². The van der Waals surface area contributed by atoms with Crippen LogP contribution in [0.3, 0.4) is 0 Å². The van der Waals surface area contributed by atoms with Gasteiger partial charge in [-0.1, -0.05) is 54.1 Å². The number of carbonyl (C=O) groups is 2. The second kappa shape index (κ2) is 9.89. The van der Waals surface area contributed by atoms with Crippen molar-refractivity contribution >= 4 is 34.3 Å². The van der Waals surface area contributed by atoms with Crippen LogP contribution in [0.5, 0.6) is 11.5 Å². The Labute approximate surface area is 238 Å². The van der Waals surface area contributed by atoms with Gasteiger partial charge in [0.15, 0.2) is 17.0 Å². The summed E-state index contributed by atoms with van der Waals surface area (Å²) in [5.74, 6) is 0.896. The molecule has 1 unspecified atom stereocenters. The molecule has 3 heterocycles. The smallest absolute Gasteiger partial charge is 0.255 e. The van der Waals surface area contributed by atoms with Crippen molar-refractivity contribution in [2.24, 2.45) is 0 Å². The number of fused-ring (bicyclic) bond motifs is 5. The van der Waals surface area contributed by atoms with Gasteiger partial charge in [-0.3, -0.25) is 9.59 Å². The van der Waals surface area contributed by atoms with E-state index in [1.165, 1.54) is 0 Å². The molecule has 0 radical (unpaired) electrons. The number of nitrogens with zero attached hydrogens (tertiary/aromatic N) is 2. The number of benzene rings is 3. The molecule has 1 aromatic heterocycles. The first-order chi connectivity index (χ1) is 19.2. The minimum Gasteiger partial charge on any atom is -0.493 e. The summed E-state index contributed by atoms with van der Waals surface area (Å²) in [7, 11) is 1.63. The van der Waals surface area contributed by atoms with E-state index in [0.717, 1.165) is 33.3 Å². The van der Waals surface area contributed by atoms with Crippen LogP contribution < -0.4 is 9.47 Å². The molecule has 40 heavy (non-hydrogen) atoms. The summed E-state index contributed by atoms with van der Waals surface area (Å²) in [6.45, 7) is 6.43. The maximum atomic E-state index is 14.3. The van der Waals surface area contributed by atoms with Crippen molar-refractivity contribution in [3.8, 4) is 11.5 Å². The first kappa shape index (κ1) is 26.3. The van der Waals surface area contributed by atoms with Gasteiger partial charge in [0.25, 0.3) is 5.91 Å². The van der Waals surface area contributed by atoms with E-state index in [1.807, 2.05) is 75.4 Å². The summed E-state index contributed by atoms with van der Waals surface area (Å²) in [6, 6.07) is 21.4. The molecule has 4 aromatic rings. The highest BCUT2D eigenvalue weighted by Crippen LogP contribution is 2.49. The number of aromatic amines is 1. The van der Waals surface area contributed by atoms with Gasteiger partial charge in [-0.05, 0) is 61.7 Å². The van der Waals surface area contributed by atoms with Crippen LogP contribution in [0.1, 0.15) is 49.1 Å². The Hall–Kier alpha value is -3.97. The van der Waals surface area contributed by atoms with E-state index in [0.29, 0.717) is 23.1 Å². The van der Waals surface area contributed by atoms with Crippen LogP contribution >= 0.6 is 11.6 Å². The first-order valence-corrected chi connectivity index (χ1v) is 13.9. The predicted octanol–water partition coefficient (Wildman–Crippen LogP) is 5.85. The quantitative estimate of drug-likeness (QED) is 0.323. The lowest BCUT2D eigenvalue weighted by molar-refractivity contribution is -0.166. The van der Waals surface area contributed by atoms with Gasteiger partial charge < -0.3 is 24.3 Å². The lowest BCUT2D eigenvalue weighted by Crippen LogP contribution is -2.67. The molecule has 2 aliphatic rings. The highest BCUT2D eigenvalue weighted by molar-refractivity contribution is 6.31. The molecular formula is C32H32ClN3O4. The second-order valence-corrected chi connectivity index (χ2v) is 11.3.